The molecule has 2 aromatic heterocycles. The predicted octanol–water partition coefficient (Wildman–Crippen LogP) is 3.70. The van der Waals surface area contributed by atoms with Crippen LogP contribution in [0.25, 0.3) is 5.69 Å². The van der Waals surface area contributed by atoms with Gasteiger partial charge in [-0.15, -0.1) is 0 Å². The van der Waals surface area contributed by atoms with Crippen molar-refractivity contribution in [2.24, 2.45) is 0 Å². The van der Waals surface area contributed by atoms with E-state index in [1.54, 1.807) is 0 Å². The highest BCUT2D eigenvalue weighted by Gasteiger charge is 2.16. The number of benzene rings is 1. The number of nitrogens with zero attached hydrogens (tertiary/aromatic N) is 4. The maximum Gasteiger partial charge on any atom is 0.227 e. The van der Waals surface area contributed by atoms with Gasteiger partial charge in [0.15, 0.2) is 5.82 Å². The highest BCUT2D eigenvalue weighted by atomic mass is 16.5. The average Bonchev–Trinajstić information content (AvgIpc) is 3.20. The van der Waals surface area contributed by atoms with Gasteiger partial charge in [-0.25, -0.2) is 4.68 Å². The lowest BCUT2D eigenvalue weighted by Crippen LogP contribution is -2.13. The molecule has 0 atom stereocenters. The van der Waals surface area contributed by atoms with Crippen LogP contribution in [0.3, 0.4) is 0 Å². The Balaban J connectivity index is 1.66. The summed E-state index contributed by atoms with van der Waals surface area (Å²) < 4.78 is 7.03. The zero-order chi connectivity index (χ0) is 19.4. The zero-order valence-corrected chi connectivity index (χ0v) is 16.2. The number of nitrogens with one attached hydrogen (secondary N) is 1. The van der Waals surface area contributed by atoms with Crippen LogP contribution in [0.4, 0.5) is 5.69 Å². The fraction of sp³-hybridized carbons (Fsp3) is 0.400. The molecule has 0 aliphatic rings. The Labute approximate surface area is 158 Å². The van der Waals surface area contributed by atoms with Gasteiger partial charge >= 0.3 is 0 Å². The van der Waals surface area contributed by atoms with Crippen molar-refractivity contribution >= 4 is 11.6 Å². The minimum atomic E-state index is -0.0973. The van der Waals surface area contributed by atoms with Gasteiger partial charge in [0.2, 0.25) is 11.8 Å². The molecule has 3 aromatic rings. The van der Waals surface area contributed by atoms with Gasteiger partial charge in [0.05, 0.1) is 22.8 Å². The van der Waals surface area contributed by atoms with E-state index in [0.717, 1.165) is 35.6 Å². The summed E-state index contributed by atoms with van der Waals surface area (Å²) in [6, 6.07) is 8.12. The van der Waals surface area contributed by atoms with Crippen LogP contribution >= 0.6 is 0 Å². The summed E-state index contributed by atoms with van der Waals surface area (Å²) in [6.07, 6.45) is 2.45. The minimum Gasteiger partial charge on any atom is -0.339 e. The van der Waals surface area contributed by atoms with E-state index in [1.165, 1.54) is 5.56 Å². The smallest absolute Gasteiger partial charge is 0.227 e. The average molecular weight is 367 g/mol. The van der Waals surface area contributed by atoms with Gasteiger partial charge in [0.1, 0.15) is 0 Å². The number of rotatable bonds is 7. The molecule has 2 heterocycles. The molecular formula is C20H25N5O2. The summed E-state index contributed by atoms with van der Waals surface area (Å²) in [4.78, 5) is 16.7. The SMILES string of the molecule is CCCc1noc(CCC(=O)Nc2c(C)nn(-c3ccc(C)cc3)c2C)n1. The van der Waals surface area contributed by atoms with Gasteiger partial charge in [-0.3, -0.25) is 4.79 Å². The fourth-order valence-corrected chi connectivity index (χ4v) is 2.90. The van der Waals surface area contributed by atoms with Gasteiger partial charge in [-0.1, -0.05) is 29.8 Å². The highest BCUT2D eigenvalue weighted by Crippen LogP contribution is 2.23. The van der Waals surface area contributed by atoms with Crippen LogP contribution in [-0.4, -0.2) is 25.8 Å². The molecular weight excluding hydrogens is 342 g/mol. The van der Waals surface area contributed by atoms with Crippen molar-refractivity contribution in [3.05, 3.63) is 52.9 Å². The first-order valence-electron chi connectivity index (χ1n) is 9.22. The Kier molecular flexibility index (Phi) is 5.69. The van der Waals surface area contributed by atoms with Crippen molar-refractivity contribution in [2.75, 3.05) is 5.32 Å². The second-order valence-electron chi connectivity index (χ2n) is 6.70. The van der Waals surface area contributed by atoms with Crippen molar-refractivity contribution in [1.82, 2.24) is 19.9 Å². The second kappa shape index (κ2) is 8.16. The summed E-state index contributed by atoms with van der Waals surface area (Å²) in [5, 5.41) is 11.4. The summed E-state index contributed by atoms with van der Waals surface area (Å²) >= 11 is 0. The summed E-state index contributed by atoms with van der Waals surface area (Å²) in [5.41, 5.74) is 4.59. The van der Waals surface area contributed by atoms with Gasteiger partial charge in [-0.2, -0.15) is 10.1 Å². The Bertz CT molecular complexity index is 925. The number of aromatic nitrogens is 4. The van der Waals surface area contributed by atoms with Crippen LogP contribution in [-0.2, 0) is 17.6 Å². The topological polar surface area (TPSA) is 85.8 Å². The molecule has 0 saturated carbocycles. The Morgan fingerprint density at radius 3 is 2.59 bits per heavy atom. The molecule has 27 heavy (non-hydrogen) atoms. The summed E-state index contributed by atoms with van der Waals surface area (Å²) in [7, 11) is 0. The van der Waals surface area contributed by atoms with Crippen LogP contribution < -0.4 is 5.32 Å². The molecule has 7 heteroatoms. The molecule has 142 valence electrons. The number of carbonyl (C=O) groups is 1. The zero-order valence-electron chi connectivity index (χ0n) is 16.2. The van der Waals surface area contributed by atoms with Crippen LogP contribution in [0.1, 0.15) is 48.4 Å². The van der Waals surface area contributed by atoms with E-state index >= 15 is 0 Å². The summed E-state index contributed by atoms with van der Waals surface area (Å²) in [5.74, 6) is 1.09. The maximum atomic E-state index is 12.4. The quantitative estimate of drug-likeness (QED) is 0.688. The van der Waals surface area contributed by atoms with Crippen LogP contribution in [0.5, 0.6) is 0 Å². The Hall–Kier alpha value is -2.96. The van der Waals surface area contributed by atoms with Crippen molar-refractivity contribution in [2.45, 2.75) is 53.4 Å². The first-order valence-corrected chi connectivity index (χ1v) is 9.22. The Morgan fingerprint density at radius 1 is 1.15 bits per heavy atom. The van der Waals surface area contributed by atoms with Crippen molar-refractivity contribution in [3.63, 3.8) is 0 Å². The van der Waals surface area contributed by atoms with Gasteiger partial charge in [-0.05, 0) is 39.3 Å². The third-order valence-corrected chi connectivity index (χ3v) is 4.38. The lowest BCUT2D eigenvalue weighted by atomic mass is 10.2. The molecule has 0 radical (unpaired) electrons. The molecule has 0 aliphatic heterocycles. The standard InChI is InChI=1S/C20H25N5O2/c1-5-6-17-21-19(27-24-17)12-11-18(26)22-20-14(3)23-25(15(20)4)16-9-7-13(2)8-10-16/h7-10H,5-6,11-12H2,1-4H3,(H,22,26). The maximum absolute atomic E-state index is 12.4. The number of amides is 1. The predicted molar refractivity (Wildman–Crippen MR) is 103 cm³/mol. The van der Waals surface area contributed by atoms with E-state index in [2.05, 4.69) is 27.5 Å². The van der Waals surface area contributed by atoms with Crippen molar-refractivity contribution in [3.8, 4) is 5.69 Å². The Morgan fingerprint density at radius 2 is 1.89 bits per heavy atom. The molecule has 0 unspecified atom stereocenters. The van der Waals surface area contributed by atoms with Crippen molar-refractivity contribution < 1.29 is 9.32 Å². The minimum absolute atomic E-state index is 0.0973. The third kappa shape index (κ3) is 4.42. The molecule has 7 nitrogen and oxygen atoms in total. The van der Waals surface area contributed by atoms with Crippen LogP contribution in [0, 0.1) is 20.8 Å². The molecule has 1 amide bonds. The highest BCUT2D eigenvalue weighted by molar-refractivity contribution is 5.92. The number of carbonyl (C=O) groups excluding carboxylic acids is 1. The number of anilines is 1. The number of hydrogen-bond acceptors (Lipinski definition) is 5. The number of hydrogen-bond donors (Lipinski definition) is 1. The van der Waals surface area contributed by atoms with Gasteiger partial charge in [0.25, 0.3) is 0 Å². The fourth-order valence-electron chi connectivity index (χ4n) is 2.90. The van der Waals surface area contributed by atoms with Gasteiger partial charge < -0.3 is 9.84 Å². The van der Waals surface area contributed by atoms with E-state index in [0.29, 0.717) is 18.1 Å². The molecule has 0 saturated heterocycles. The van der Waals surface area contributed by atoms with Crippen LogP contribution in [0.15, 0.2) is 28.8 Å². The summed E-state index contributed by atoms with van der Waals surface area (Å²) in [6.45, 7) is 7.95. The van der Waals surface area contributed by atoms with E-state index in [1.807, 2.05) is 49.7 Å². The molecule has 1 N–H and O–H groups in total. The molecule has 0 bridgehead atoms. The first-order chi connectivity index (χ1) is 13.0. The largest absolute Gasteiger partial charge is 0.339 e. The first kappa shape index (κ1) is 18.8. The molecule has 3 rings (SSSR count). The number of aryl methyl sites for hydroxylation is 4. The van der Waals surface area contributed by atoms with Crippen molar-refractivity contribution in [1.29, 1.82) is 0 Å². The van der Waals surface area contributed by atoms with Crippen LogP contribution in [0.2, 0.25) is 0 Å². The van der Waals surface area contributed by atoms with E-state index < -0.39 is 0 Å². The lowest BCUT2D eigenvalue weighted by Gasteiger charge is -2.07. The molecule has 0 spiro atoms. The normalized spacial score (nSPS) is 11.0. The lowest BCUT2D eigenvalue weighted by molar-refractivity contribution is -0.116. The monoisotopic (exact) mass is 367 g/mol. The van der Waals surface area contributed by atoms with E-state index in [4.69, 9.17) is 4.52 Å². The molecule has 0 fully saturated rings. The van der Waals surface area contributed by atoms with E-state index in [-0.39, 0.29) is 12.3 Å². The third-order valence-electron chi connectivity index (χ3n) is 4.38. The second-order valence-corrected chi connectivity index (χ2v) is 6.70. The molecule has 1 aromatic carbocycles. The molecule has 0 aliphatic carbocycles. The van der Waals surface area contributed by atoms with E-state index in [9.17, 15) is 4.79 Å². The van der Waals surface area contributed by atoms with Gasteiger partial charge in [0, 0.05) is 19.3 Å².